The maximum Gasteiger partial charge on any atom is 0.187 e. The van der Waals surface area contributed by atoms with Crippen LogP contribution in [0.4, 0.5) is 21.6 Å². The Bertz CT molecular complexity index is 1100. The van der Waals surface area contributed by atoms with E-state index in [1.54, 1.807) is 22.7 Å². The van der Waals surface area contributed by atoms with Gasteiger partial charge in [0.15, 0.2) is 10.3 Å². The number of anilines is 4. The number of nitrogens with zero attached hydrogens (tertiary/aromatic N) is 3. The van der Waals surface area contributed by atoms with E-state index in [0.29, 0.717) is 0 Å². The van der Waals surface area contributed by atoms with Crippen LogP contribution in [0.5, 0.6) is 0 Å². The van der Waals surface area contributed by atoms with Crippen LogP contribution in [-0.4, -0.2) is 39.7 Å². The SMILES string of the molecule is CC1C[N+](Cc2csc(Nc3ccccc3)n2)(Cc2csc(Nc3ccccc3)n2)CC(C)O1. The molecule has 0 aliphatic carbocycles. The number of thiazole rings is 2. The lowest BCUT2D eigenvalue weighted by molar-refractivity contribution is -0.966. The predicted molar refractivity (Wildman–Crippen MR) is 141 cm³/mol. The molecule has 1 aliphatic heterocycles. The minimum atomic E-state index is 0.199. The minimum Gasteiger partial charge on any atom is -0.364 e. The van der Waals surface area contributed by atoms with Crippen LogP contribution in [0.2, 0.25) is 0 Å². The third-order valence-corrected chi connectivity index (χ3v) is 7.51. The van der Waals surface area contributed by atoms with E-state index in [-0.39, 0.29) is 12.2 Å². The molecule has 176 valence electrons. The van der Waals surface area contributed by atoms with E-state index in [1.165, 1.54) is 0 Å². The van der Waals surface area contributed by atoms with Crippen LogP contribution < -0.4 is 10.6 Å². The molecular formula is C26H30N5OS2+. The summed E-state index contributed by atoms with van der Waals surface area (Å²) in [5.41, 5.74) is 4.34. The second-order valence-electron chi connectivity index (χ2n) is 9.05. The summed E-state index contributed by atoms with van der Waals surface area (Å²) in [5, 5.41) is 13.1. The van der Waals surface area contributed by atoms with Crippen molar-refractivity contribution >= 4 is 44.3 Å². The Morgan fingerprint density at radius 3 is 1.65 bits per heavy atom. The van der Waals surface area contributed by atoms with Crippen LogP contribution in [-0.2, 0) is 17.8 Å². The number of quaternary nitrogens is 1. The van der Waals surface area contributed by atoms with Gasteiger partial charge in [-0.05, 0) is 38.1 Å². The van der Waals surface area contributed by atoms with E-state index in [9.17, 15) is 0 Å². The molecule has 0 saturated carbocycles. The van der Waals surface area contributed by atoms with Crippen molar-refractivity contribution in [1.82, 2.24) is 9.97 Å². The number of ether oxygens (including phenoxy) is 1. The highest BCUT2D eigenvalue weighted by molar-refractivity contribution is 7.14. The lowest BCUT2D eigenvalue weighted by atomic mass is 10.1. The Labute approximate surface area is 208 Å². The number of morpholine rings is 1. The third-order valence-electron chi connectivity index (χ3n) is 5.90. The van der Waals surface area contributed by atoms with Crippen molar-refractivity contribution in [2.75, 3.05) is 23.7 Å². The minimum absolute atomic E-state index is 0.199. The maximum atomic E-state index is 6.11. The van der Waals surface area contributed by atoms with Gasteiger partial charge in [0.25, 0.3) is 0 Å². The van der Waals surface area contributed by atoms with Gasteiger partial charge in [-0.2, -0.15) is 0 Å². The molecule has 5 rings (SSSR count). The highest BCUT2D eigenvalue weighted by atomic mass is 32.1. The van der Waals surface area contributed by atoms with Gasteiger partial charge in [-0.1, -0.05) is 36.4 Å². The van der Waals surface area contributed by atoms with Crippen molar-refractivity contribution in [3.63, 3.8) is 0 Å². The first-order chi connectivity index (χ1) is 16.6. The van der Waals surface area contributed by atoms with Gasteiger partial charge in [-0.15, -0.1) is 22.7 Å². The fraction of sp³-hybridized carbons (Fsp3) is 0.308. The lowest BCUT2D eigenvalue weighted by Gasteiger charge is -2.45. The van der Waals surface area contributed by atoms with Gasteiger partial charge in [0, 0.05) is 22.1 Å². The molecular weight excluding hydrogens is 462 g/mol. The van der Waals surface area contributed by atoms with E-state index in [2.05, 4.69) is 59.5 Å². The second kappa shape index (κ2) is 10.2. The molecule has 2 aromatic carbocycles. The topological polar surface area (TPSA) is 59.1 Å². The summed E-state index contributed by atoms with van der Waals surface area (Å²) in [4.78, 5) is 9.84. The summed E-state index contributed by atoms with van der Waals surface area (Å²) >= 11 is 3.32. The fourth-order valence-corrected chi connectivity index (χ4v) is 6.26. The summed E-state index contributed by atoms with van der Waals surface area (Å²) < 4.78 is 7.00. The highest BCUT2D eigenvalue weighted by Gasteiger charge is 2.39. The Morgan fingerprint density at radius 2 is 1.21 bits per heavy atom. The van der Waals surface area contributed by atoms with Crippen LogP contribution in [0.25, 0.3) is 0 Å². The number of hydrogen-bond donors (Lipinski definition) is 2. The molecule has 0 bridgehead atoms. The largest absolute Gasteiger partial charge is 0.364 e. The smallest absolute Gasteiger partial charge is 0.187 e. The molecule has 0 spiro atoms. The zero-order chi connectivity index (χ0) is 23.4. The van der Waals surface area contributed by atoms with Crippen molar-refractivity contribution in [2.24, 2.45) is 0 Å². The summed E-state index contributed by atoms with van der Waals surface area (Å²) in [6.45, 7) is 7.98. The van der Waals surface area contributed by atoms with Crippen LogP contribution >= 0.6 is 22.7 Å². The van der Waals surface area contributed by atoms with Gasteiger partial charge < -0.3 is 19.9 Å². The summed E-state index contributed by atoms with van der Waals surface area (Å²) in [6.07, 6.45) is 0.398. The van der Waals surface area contributed by atoms with Gasteiger partial charge >= 0.3 is 0 Å². The molecule has 6 nitrogen and oxygen atoms in total. The van der Waals surface area contributed by atoms with E-state index in [0.717, 1.165) is 63.7 Å². The molecule has 2 atom stereocenters. The zero-order valence-corrected chi connectivity index (χ0v) is 21.1. The molecule has 2 N–H and O–H groups in total. The van der Waals surface area contributed by atoms with Gasteiger partial charge in [0.1, 0.15) is 49.8 Å². The van der Waals surface area contributed by atoms with Crippen LogP contribution in [0.3, 0.4) is 0 Å². The van der Waals surface area contributed by atoms with Gasteiger partial charge in [-0.3, -0.25) is 0 Å². The quantitative estimate of drug-likeness (QED) is 0.278. The summed E-state index contributed by atoms with van der Waals surface area (Å²) in [7, 11) is 0. The van der Waals surface area contributed by atoms with Crippen LogP contribution in [0, 0.1) is 0 Å². The monoisotopic (exact) mass is 492 g/mol. The number of benzene rings is 2. The molecule has 2 aromatic heterocycles. The maximum absolute atomic E-state index is 6.11. The Kier molecular flexibility index (Phi) is 6.92. The second-order valence-corrected chi connectivity index (χ2v) is 10.8. The average molecular weight is 493 g/mol. The molecule has 3 heterocycles. The number of rotatable bonds is 8. The number of aromatic nitrogens is 2. The normalized spacial score (nSPS) is 19.6. The number of para-hydroxylation sites is 2. The fourth-order valence-electron chi connectivity index (χ4n) is 4.81. The summed E-state index contributed by atoms with van der Waals surface area (Å²) in [5.74, 6) is 0. The average Bonchev–Trinajstić information content (AvgIpc) is 3.43. The van der Waals surface area contributed by atoms with Crippen molar-refractivity contribution in [2.45, 2.75) is 39.1 Å². The van der Waals surface area contributed by atoms with Crippen LogP contribution in [0.15, 0.2) is 71.4 Å². The molecule has 8 heteroatoms. The molecule has 0 amide bonds. The molecule has 1 aliphatic rings. The zero-order valence-electron chi connectivity index (χ0n) is 19.5. The first-order valence-corrected chi connectivity index (χ1v) is 13.3. The molecule has 2 unspecified atom stereocenters. The Morgan fingerprint density at radius 1 is 0.765 bits per heavy atom. The Hall–Kier alpha value is -2.78. The van der Waals surface area contributed by atoms with Gasteiger partial charge in [-0.25, -0.2) is 9.97 Å². The van der Waals surface area contributed by atoms with Crippen molar-refractivity contribution < 1.29 is 9.22 Å². The standard InChI is InChI=1S/C26H30N5OS2/c1-19-13-31(14-20(2)32-19,15-23-17-33-25(29-23)27-21-9-5-3-6-10-21)16-24-18-34-26(30-24)28-22-11-7-4-8-12-22/h3-12,17-20H,13-16H2,1-2H3,(H,27,29)(H,28,30)/q+1. The van der Waals surface area contributed by atoms with E-state index >= 15 is 0 Å². The molecule has 0 radical (unpaired) electrons. The van der Waals surface area contributed by atoms with Crippen molar-refractivity contribution in [3.05, 3.63) is 82.8 Å². The van der Waals surface area contributed by atoms with E-state index in [4.69, 9.17) is 14.7 Å². The van der Waals surface area contributed by atoms with Crippen LogP contribution in [0.1, 0.15) is 25.2 Å². The highest BCUT2D eigenvalue weighted by Crippen LogP contribution is 2.30. The van der Waals surface area contributed by atoms with Gasteiger partial charge in [0.05, 0.1) is 0 Å². The number of nitrogens with one attached hydrogen (secondary N) is 2. The van der Waals surface area contributed by atoms with Gasteiger partial charge in [0.2, 0.25) is 0 Å². The lowest BCUT2D eigenvalue weighted by Crippen LogP contribution is -2.58. The predicted octanol–water partition coefficient (Wildman–Crippen LogP) is 6.41. The molecule has 4 aromatic rings. The summed E-state index contributed by atoms with van der Waals surface area (Å²) in [6, 6.07) is 20.4. The molecule has 1 fully saturated rings. The molecule has 1 saturated heterocycles. The van der Waals surface area contributed by atoms with E-state index in [1.807, 2.05) is 36.4 Å². The van der Waals surface area contributed by atoms with Crippen molar-refractivity contribution in [3.8, 4) is 0 Å². The molecule has 34 heavy (non-hydrogen) atoms. The first kappa shape index (κ1) is 23.0. The van der Waals surface area contributed by atoms with E-state index < -0.39 is 0 Å². The number of hydrogen-bond acceptors (Lipinski definition) is 7. The first-order valence-electron chi connectivity index (χ1n) is 11.6. The van der Waals surface area contributed by atoms with Crippen molar-refractivity contribution in [1.29, 1.82) is 0 Å². The third kappa shape index (κ3) is 5.82. The Balaban J connectivity index is 1.33.